The Bertz CT molecular complexity index is 379. The summed E-state index contributed by atoms with van der Waals surface area (Å²) in [5, 5.41) is 0. The minimum absolute atomic E-state index is 0.395. The smallest absolute Gasteiger partial charge is 0.0716 e. The van der Waals surface area contributed by atoms with Gasteiger partial charge in [-0.1, -0.05) is 30.3 Å². The molecule has 0 aliphatic heterocycles. The molecule has 2 atom stereocenters. The lowest BCUT2D eigenvalue weighted by Crippen LogP contribution is -2.23. The molecule has 98 valence electrons. The summed E-state index contributed by atoms with van der Waals surface area (Å²) in [6, 6.07) is 10.4. The lowest BCUT2D eigenvalue weighted by atomic mass is 9.82. The fourth-order valence-electron chi connectivity index (χ4n) is 3.44. The standard InChI is InChI=1S/C16H21ClO/c17-12-16(9-14-8-15(14)10-16)6-7-18-11-13-4-2-1-3-5-13/h1-5,14-15H,6-12H2. The highest BCUT2D eigenvalue weighted by molar-refractivity contribution is 6.18. The second kappa shape index (κ2) is 5.22. The van der Waals surface area contributed by atoms with Gasteiger partial charge in [-0.3, -0.25) is 0 Å². The van der Waals surface area contributed by atoms with E-state index in [0.29, 0.717) is 5.41 Å². The third kappa shape index (κ3) is 2.73. The highest BCUT2D eigenvalue weighted by atomic mass is 35.5. The van der Waals surface area contributed by atoms with E-state index in [1.165, 1.54) is 24.8 Å². The molecule has 2 saturated carbocycles. The predicted octanol–water partition coefficient (Wildman–Crippen LogP) is 4.25. The molecule has 2 heteroatoms. The molecule has 0 N–H and O–H groups in total. The SMILES string of the molecule is ClCC1(CCOCc2ccccc2)CC2CC2C1. The summed E-state index contributed by atoms with van der Waals surface area (Å²) in [4.78, 5) is 0. The van der Waals surface area contributed by atoms with Gasteiger partial charge in [-0.15, -0.1) is 11.6 Å². The van der Waals surface area contributed by atoms with Crippen molar-refractivity contribution < 1.29 is 4.74 Å². The molecule has 0 saturated heterocycles. The molecule has 0 spiro atoms. The van der Waals surface area contributed by atoms with Crippen molar-refractivity contribution >= 4 is 11.6 Å². The Morgan fingerprint density at radius 1 is 1.17 bits per heavy atom. The average molecular weight is 265 g/mol. The number of halogens is 1. The highest BCUT2D eigenvalue weighted by Crippen LogP contribution is 2.61. The Balaban J connectivity index is 1.41. The van der Waals surface area contributed by atoms with Gasteiger partial charge < -0.3 is 4.74 Å². The second-order valence-electron chi connectivity index (χ2n) is 6.09. The summed E-state index contributed by atoms with van der Waals surface area (Å²) in [6.07, 6.45) is 5.28. The van der Waals surface area contributed by atoms with Crippen LogP contribution in [-0.4, -0.2) is 12.5 Å². The van der Waals surface area contributed by atoms with Crippen LogP contribution in [0.25, 0.3) is 0 Å². The summed E-state index contributed by atoms with van der Waals surface area (Å²) in [7, 11) is 0. The minimum Gasteiger partial charge on any atom is -0.377 e. The lowest BCUT2D eigenvalue weighted by Gasteiger charge is -2.28. The fourth-order valence-corrected chi connectivity index (χ4v) is 3.79. The molecule has 0 heterocycles. The molecule has 18 heavy (non-hydrogen) atoms. The van der Waals surface area contributed by atoms with Gasteiger partial charge >= 0.3 is 0 Å². The van der Waals surface area contributed by atoms with E-state index in [9.17, 15) is 0 Å². The van der Waals surface area contributed by atoms with Crippen molar-refractivity contribution in [3.8, 4) is 0 Å². The van der Waals surface area contributed by atoms with E-state index in [0.717, 1.165) is 37.4 Å². The topological polar surface area (TPSA) is 9.23 Å². The van der Waals surface area contributed by atoms with Crippen LogP contribution in [0.5, 0.6) is 0 Å². The Labute approximate surface area is 114 Å². The van der Waals surface area contributed by atoms with Crippen molar-refractivity contribution in [2.45, 2.75) is 32.3 Å². The van der Waals surface area contributed by atoms with Gasteiger partial charge in [-0.05, 0) is 48.5 Å². The van der Waals surface area contributed by atoms with Crippen LogP contribution < -0.4 is 0 Å². The average Bonchev–Trinajstić information content (AvgIpc) is 3.04. The lowest BCUT2D eigenvalue weighted by molar-refractivity contribution is 0.0864. The molecule has 2 fully saturated rings. The highest BCUT2D eigenvalue weighted by Gasteiger charge is 2.52. The molecule has 2 unspecified atom stereocenters. The first-order valence-corrected chi connectivity index (χ1v) is 7.52. The molecule has 1 aromatic rings. The van der Waals surface area contributed by atoms with Crippen molar-refractivity contribution in [3.63, 3.8) is 0 Å². The summed E-state index contributed by atoms with van der Waals surface area (Å²) in [5.74, 6) is 2.81. The minimum atomic E-state index is 0.395. The zero-order chi connectivity index (χ0) is 12.4. The first-order chi connectivity index (χ1) is 8.81. The van der Waals surface area contributed by atoms with E-state index in [1.807, 2.05) is 6.07 Å². The largest absolute Gasteiger partial charge is 0.377 e. The van der Waals surface area contributed by atoms with E-state index in [-0.39, 0.29) is 0 Å². The maximum Gasteiger partial charge on any atom is 0.0716 e. The van der Waals surface area contributed by atoms with Crippen molar-refractivity contribution in [1.82, 2.24) is 0 Å². The van der Waals surface area contributed by atoms with Crippen molar-refractivity contribution in [2.24, 2.45) is 17.3 Å². The quantitative estimate of drug-likeness (QED) is 0.551. The van der Waals surface area contributed by atoms with Gasteiger partial charge in [0.05, 0.1) is 6.61 Å². The number of hydrogen-bond donors (Lipinski definition) is 0. The number of rotatable bonds is 6. The molecule has 0 radical (unpaired) electrons. The molecular formula is C16H21ClO. The third-order valence-corrected chi connectivity index (χ3v) is 5.20. The summed E-state index contributed by atoms with van der Waals surface area (Å²) >= 11 is 6.19. The molecule has 3 rings (SSSR count). The summed E-state index contributed by atoms with van der Waals surface area (Å²) in [6.45, 7) is 1.58. The Kier molecular flexibility index (Phi) is 3.63. The van der Waals surface area contributed by atoms with E-state index in [1.54, 1.807) is 0 Å². The fraction of sp³-hybridized carbons (Fsp3) is 0.625. The number of fused-ring (bicyclic) bond motifs is 1. The normalized spacial score (nSPS) is 33.4. The van der Waals surface area contributed by atoms with Gasteiger partial charge in [0, 0.05) is 12.5 Å². The van der Waals surface area contributed by atoms with Crippen LogP contribution in [0.2, 0.25) is 0 Å². The predicted molar refractivity (Wildman–Crippen MR) is 74.7 cm³/mol. The molecule has 0 amide bonds. The van der Waals surface area contributed by atoms with Crippen LogP contribution in [0.4, 0.5) is 0 Å². The Morgan fingerprint density at radius 3 is 2.56 bits per heavy atom. The van der Waals surface area contributed by atoms with Gasteiger partial charge in [0.15, 0.2) is 0 Å². The van der Waals surface area contributed by atoms with Crippen LogP contribution in [0.1, 0.15) is 31.2 Å². The second-order valence-corrected chi connectivity index (χ2v) is 6.35. The van der Waals surface area contributed by atoms with E-state index >= 15 is 0 Å². The zero-order valence-corrected chi connectivity index (χ0v) is 11.5. The number of benzene rings is 1. The van der Waals surface area contributed by atoms with Gasteiger partial charge in [-0.2, -0.15) is 0 Å². The Hall–Kier alpha value is -0.530. The maximum atomic E-state index is 6.19. The molecule has 0 bridgehead atoms. The van der Waals surface area contributed by atoms with Crippen molar-refractivity contribution in [1.29, 1.82) is 0 Å². The van der Waals surface area contributed by atoms with Crippen LogP contribution in [0.15, 0.2) is 30.3 Å². The monoisotopic (exact) mass is 264 g/mol. The van der Waals surface area contributed by atoms with Crippen molar-refractivity contribution in [3.05, 3.63) is 35.9 Å². The molecule has 2 aliphatic carbocycles. The number of hydrogen-bond acceptors (Lipinski definition) is 1. The van der Waals surface area contributed by atoms with Gasteiger partial charge in [-0.25, -0.2) is 0 Å². The molecule has 0 aromatic heterocycles. The van der Waals surface area contributed by atoms with Crippen LogP contribution >= 0.6 is 11.6 Å². The maximum absolute atomic E-state index is 6.19. The van der Waals surface area contributed by atoms with Gasteiger partial charge in [0.1, 0.15) is 0 Å². The van der Waals surface area contributed by atoms with E-state index in [2.05, 4.69) is 24.3 Å². The third-order valence-electron chi connectivity index (χ3n) is 4.63. The number of ether oxygens (including phenoxy) is 1. The van der Waals surface area contributed by atoms with Crippen LogP contribution in [-0.2, 0) is 11.3 Å². The van der Waals surface area contributed by atoms with Gasteiger partial charge in [0.2, 0.25) is 0 Å². The van der Waals surface area contributed by atoms with Crippen LogP contribution in [0, 0.1) is 17.3 Å². The zero-order valence-electron chi connectivity index (χ0n) is 10.8. The summed E-state index contributed by atoms with van der Waals surface area (Å²) in [5.41, 5.74) is 1.65. The van der Waals surface area contributed by atoms with E-state index in [4.69, 9.17) is 16.3 Å². The molecular weight excluding hydrogens is 244 g/mol. The van der Waals surface area contributed by atoms with Crippen molar-refractivity contribution in [2.75, 3.05) is 12.5 Å². The number of alkyl halides is 1. The molecule has 1 nitrogen and oxygen atoms in total. The molecule has 2 aliphatic rings. The van der Waals surface area contributed by atoms with E-state index < -0.39 is 0 Å². The van der Waals surface area contributed by atoms with Gasteiger partial charge in [0.25, 0.3) is 0 Å². The first-order valence-electron chi connectivity index (χ1n) is 6.99. The first kappa shape index (κ1) is 12.5. The molecule has 1 aromatic carbocycles. The van der Waals surface area contributed by atoms with Crippen LogP contribution in [0.3, 0.4) is 0 Å². The Morgan fingerprint density at radius 2 is 1.89 bits per heavy atom. The summed E-state index contributed by atoms with van der Waals surface area (Å²) < 4.78 is 5.80.